The molecule has 0 saturated carbocycles. The summed E-state index contributed by atoms with van der Waals surface area (Å²) in [6.45, 7) is 3.48. The van der Waals surface area contributed by atoms with Crippen molar-refractivity contribution in [2.75, 3.05) is 0 Å². The molecular formula is C6H9ClN2O. The summed E-state index contributed by atoms with van der Waals surface area (Å²) >= 11 is 0. The molecule has 0 spiro atoms. The minimum atomic E-state index is -0.00810. The van der Waals surface area contributed by atoms with E-state index < -0.39 is 0 Å². The molecule has 0 aliphatic rings. The molecule has 0 fully saturated rings. The molecule has 56 valence electrons. The van der Waals surface area contributed by atoms with Crippen LogP contribution >= 0.6 is 12.4 Å². The molecule has 1 aromatic rings. The second-order valence-corrected chi connectivity index (χ2v) is 2.00. The van der Waals surface area contributed by atoms with Crippen molar-refractivity contribution in [3.05, 3.63) is 27.7 Å². The number of aryl methyl sites for hydroxylation is 2. The fourth-order valence-electron chi connectivity index (χ4n) is 0.560. The van der Waals surface area contributed by atoms with Gasteiger partial charge in [0.25, 0.3) is 0 Å². The van der Waals surface area contributed by atoms with Gasteiger partial charge in [0, 0.05) is 11.8 Å². The molecule has 0 radical (unpaired) electrons. The van der Waals surface area contributed by atoms with E-state index in [-0.39, 0.29) is 17.8 Å². The largest absolute Gasteiger partial charge is 0.288 e. The van der Waals surface area contributed by atoms with E-state index in [4.69, 9.17) is 0 Å². The van der Waals surface area contributed by atoms with Gasteiger partial charge in [0.2, 0.25) is 5.43 Å². The number of hydrogen-bond acceptors (Lipinski definition) is 2. The van der Waals surface area contributed by atoms with Crippen LogP contribution in [0.3, 0.4) is 0 Å². The monoisotopic (exact) mass is 160 g/mol. The second-order valence-electron chi connectivity index (χ2n) is 2.00. The zero-order chi connectivity index (χ0) is 6.85. The molecule has 10 heavy (non-hydrogen) atoms. The quantitative estimate of drug-likeness (QED) is 0.611. The first-order valence-corrected chi connectivity index (χ1v) is 2.73. The van der Waals surface area contributed by atoms with E-state index >= 15 is 0 Å². The van der Waals surface area contributed by atoms with Crippen molar-refractivity contribution >= 4 is 12.4 Å². The highest BCUT2D eigenvalue weighted by atomic mass is 35.5. The third-order valence-corrected chi connectivity index (χ3v) is 1.10. The molecule has 0 amide bonds. The highest BCUT2D eigenvalue weighted by Gasteiger charge is 1.91. The fraction of sp³-hybridized carbons (Fsp3) is 0.333. The molecule has 1 heterocycles. The summed E-state index contributed by atoms with van der Waals surface area (Å²) in [6, 6.07) is 1.53. The topological polar surface area (TPSA) is 45.8 Å². The summed E-state index contributed by atoms with van der Waals surface area (Å²) in [5, 5.41) is 6.43. The van der Waals surface area contributed by atoms with E-state index in [9.17, 15) is 4.79 Å². The molecule has 0 aromatic carbocycles. The number of aromatic amines is 1. The van der Waals surface area contributed by atoms with Crippen molar-refractivity contribution in [1.82, 2.24) is 10.2 Å². The highest BCUT2D eigenvalue weighted by Crippen LogP contribution is 1.82. The first-order valence-electron chi connectivity index (χ1n) is 2.73. The Hall–Kier alpha value is -0.830. The average Bonchev–Trinajstić information content (AvgIpc) is 1.80. The lowest BCUT2D eigenvalue weighted by Gasteiger charge is -1.90. The van der Waals surface area contributed by atoms with Gasteiger partial charge in [-0.1, -0.05) is 0 Å². The highest BCUT2D eigenvalue weighted by molar-refractivity contribution is 5.85. The lowest BCUT2D eigenvalue weighted by atomic mass is 10.3. The van der Waals surface area contributed by atoms with Crippen molar-refractivity contribution < 1.29 is 0 Å². The van der Waals surface area contributed by atoms with Gasteiger partial charge >= 0.3 is 0 Å². The Morgan fingerprint density at radius 2 is 2.10 bits per heavy atom. The number of nitrogens with one attached hydrogen (secondary N) is 1. The SMILES string of the molecule is Cc1cc(=O)c(C)n[nH]1.Cl. The Morgan fingerprint density at radius 3 is 2.50 bits per heavy atom. The average molecular weight is 161 g/mol. The predicted molar refractivity (Wildman–Crippen MR) is 41.6 cm³/mol. The summed E-state index contributed by atoms with van der Waals surface area (Å²) in [6.07, 6.45) is 0. The van der Waals surface area contributed by atoms with E-state index in [0.29, 0.717) is 5.69 Å². The zero-order valence-electron chi connectivity index (χ0n) is 5.84. The van der Waals surface area contributed by atoms with Gasteiger partial charge in [0.05, 0.1) is 0 Å². The molecule has 4 heteroatoms. The van der Waals surface area contributed by atoms with Crippen molar-refractivity contribution in [3.63, 3.8) is 0 Å². The van der Waals surface area contributed by atoms with Gasteiger partial charge in [-0.15, -0.1) is 12.4 Å². The maximum Gasteiger partial charge on any atom is 0.203 e. The van der Waals surface area contributed by atoms with Crippen LogP contribution in [0, 0.1) is 13.8 Å². The number of hydrogen-bond donors (Lipinski definition) is 1. The Balaban J connectivity index is 0.000000810. The van der Waals surface area contributed by atoms with Crippen molar-refractivity contribution in [3.8, 4) is 0 Å². The number of nitrogens with zero attached hydrogens (tertiary/aromatic N) is 1. The molecule has 1 aromatic heterocycles. The lowest BCUT2D eigenvalue weighted by Crippen LogP contribution is -2.08. The third kappa shape index (κ3) is 1.84. The second kappa shape index (κ2) is 3.37. The summed E-state index contributed by atoms with van der Waals surface area (Å²) in [7, 11) is 0. The van der Waals surface area contributed by atoms with Crippen LogP contribution in [-0.4, -0.2) is 10.2 Å². The van der Waals surface area contributed by atoms with Gasteiger partial charge in [-0.05, 0) is 13.8 Å². The van der Waals surface area contributed by atoms with Crippen LogP contribution in [0.15, 0.2) is 10.9 Å². The van der Waals surface area contributed by atoms with Crippen molar-refractivity contribution in [2.24, 2.45) is 0 Å². The molecule has 0 aliphatic heterocycles. The summed E-state index contributed by atoms with van der Waals surface area (Å²) < 4.78 is 0. The van der Waals surface area contributed by atoms with E-state index in [1.165, 1.54) is 6.07 Å². The van der Waals surface area contributed by atoms with E-state index in [1.807, 2.05) is 0 Å². The number of rotatable bonds is 0. The number of aromatic nitrogens is 2. The third-order valence-electron chi connectivity index (χ3n) is 1.10. The molecular weight excluding hydrogens is 152 g/mol. The van der Waals surface area contributed by atoms with E-state index in [2.05, 4.69) is 10.2 Å². The molecule has 1 rings (SSSR count). The van der Waals surface area contributed by atoms with Crippen LogP contribution in [0.5, 0.6) is 0 Å². The maximum absolute atomic E-state index is 10.8. The number of H-pyrrole nitrogens is 1. The molecule has 0 atom stereocenters. The molecule has 0 aliphatic carbocycles. The van der Waals surface area contributed by atoms with Gasteiger partial charge in [0.15, 0.2) is 0 Å². The van der Waals surface area contributed by atoms with Crippen LogP contribution < -0.4 is 5.43 Å². The Kier molecular flexibility index (Phi) is 3.09. The van der Waals surface area contributed by atoms with Crippen molar-refractivity contribution in [2.45, 2.75) is 13.8 Å². The van der Waals surface area contributed by atoms with Crippen LogP contribution in [0.2, 0.25) is 0 Å². The van der Waals surface area contributed by atoms with Crippen LogP contribution in [0.25, 0.3) is 0 Å². The first-order chi connectivity index (χ1) is 4.20. The smallest absolute Gasteiger partial charge is 0.203 e. The van der Waals surface area contributed by atoms with E-state index in [1.54, 1.807) is 13.8 Å². The zero-order valence-corrected chi connectivity index (χ0v) is 6.66. The standard InChI is InChI=1S/C6H8N2O.ClH/c1-4-3-6(9)5(2)8-7-4;/h3H,1-2H3,(H,7,9);1H. The maximum atomic E-state index is 10.8. The first kappa shape index (κ1) is 9.17. The van der Waals surface area contributed by atoms with Crippen LogP contribution in [0.1, 0.15) is 11.4 Å². The Bertz CT molecular complexity index is 269. The van der Waals surface area contributed by atoms with Gasteiger partial charge < -0.3 is 0 Å². The van der Waals surface area contributed by atoms with Gasteiger partial charge in [-0.2, -0.15) is 5.10 Å². The lowest BCUT2D eigenvalue weighted by molar-refractivity contribution is 0.926. The minimum absolute atomic E-state index is 0. The van der Waals surface area contributed by atoms with E-state index in [0.717, 1.165) is 5.69 Å². The minimum Gasteiger partial charge on any atom is -0.288 e. The molecule has 0 bridgehead atoms. The normalized spacial score (nSPS) is 8.60. The molecule has 0 saturated heterocycles. The van der Waals surface area contributed by atoms with Crippen LogP contribution in [0.4, 0.5) is 0 Å². The molecule has 3 nitrogen and oxygen atoms in total. The van der Waals surface area contributed by atoms with Gasteiger partial charge in [-0.3, -0.25) is 9.89 Å². The van der Waals surface area contributed by atoms with Gasteiger partial charge in [-0.25, -0.2) is 0 Å². The fourth-order valence-corrected chi connectivity index (χ4v) is 0.560. The van der Waals surface area contributed by atoms with Gasteiger partial charge in [0.1, 0.15) is 5.69 Å². The predicted octanol–water partition coefficient (Wildman–Crippen LogP) is 0.809. The molecule has 0 unspecified atom stereocenters. The van der Waals surface area contributed by atoms with Crippen molar-refractivity contribution in [1.29, 1.82) is 0 Å². The Labute approximate surface area is 64.9 Å². The number of halogens is 1. The summed E-state index contributed by atoms with van der Waals surface area (Å²) in [4.78, 5) is 10.8. The van der Waals surface area contributed by atoms with Crippen LogP contribution in [-0.2, 0) is 0 Å². The molecule has 1 N–H and O–H groups in total. The Morgan fingerprint density at radius 1 is 1.50 bits per heavy atom. The summed E-state index contributed by atoms with van der Waals surface area (Å²) in [5.74, 6) is 0. The summed E-state index contributed by atoms with van der Waals surface area (Å²) in [5.41, 5.74) is 1.30.